The predicted molar refractivity (Wildman–Crippen MR) is 207 cm³/mol. The summed E-state index contributed by atoms with van der Waals surface area (Å²) in [5.41, 5.74) is 4.92. The van der Waals surface area contributed by atoms with E-state index in [1.54, 1.807) is 0 Å². The molecule has 2 aliphatic rings. The second-order valence-corrected chi connectivity index (χ2v) is 13.8. The Bertz CT molecular complexity index is 1930. The summed E-state index contributed by atoms with van der Waals surface area (Å²) in [5, 5.41) is 12.0. The molecular formula is C46H47NO8. The molecule has 2 aliphatic heterocycles. The smallest absolute Gasteiger partial charge is 0.378 e. The van der Waals surface area contributed by atoms with E-state index in [-0.39, 0.29) is 43.4 Å². The van der Waals surface area contributed by atoms with E-state index in [4.69, 9.17) is 28.4 Å². The van der Waals surface area contributed by atoms with E-state index in [1.807, 2.05) is 152 Å². The number of cyclic esters (lactones) is 1. The van der Waals surface area contributed by atoms with Gasteiger partial charge in [0, 0.05) is 13.1 Å². The number of likely N-dealkylation sites (tertiary alicyclic amines) is 1. The molecule has 0 amide bonds. The molecule has 0 spiro atoms. The summed E-state index contributed by atoms with van der Waals surface area (Å²) in [4.78, 5) is 15.5. The lowest BCUT2D eigenvalue weighted by atomic mass is 10.1. The molecule has 1 N–H and O–H groups in total. The van der Waals surface area contributed by atoms with Crippen molar-refractivity contribution in [1.29, 1.82) is 0 Å². The Labute approximate surface area is 322 Å². The maximum Gasteiger partial charge on any atom is 0.378 e. The molecule has 5 atom stereocenters. The van der Waals surface area contributed by atoms with Crippen LogP contribution in [0, 0.1) is 0 Å². The monoisotopic (exact) mass is 741 g/mol. The first-order chi connectivity index (χ1) is 27.1. The highest BCUT2D eigenvalue weighted by Crippen LogP contribution is 2.32. The van der Waals surface area contributed by atoms with Crippen molar-refractivity contribution in [3.63, 3.8) is 0 Å². The summed E-state index contributed by atoms with van der Waals surface area (Å²) < 4.78 is 37.8. The SMILES string of the molecule is O=C1O[C@H]([C@@H](O)CN2C[C@H](OCc3ccccc3)[C@@H](OCc3ccccc3)[C@@H]2COCc2ccccc2)C(OCc2ccccc2)=C1OCc1ccccc1. The van der Waals surface area contributed by atoms with Gasteiger partial charge in [-0.15, -0.1) is 0 Å². The molecule has 0 radical (unpaired) electrons. The van der Waals surface area contributed by atoms with Gasteiger partial charge < -0.3 is 33.5 Å². The summed E-state index contributed by atoms with van der Waals surface area (Å²) in [6.07, 6.45) is -3.01. The maximum atomic E-state index is 13.4. The van der Waals surface area contributed by atoms with Gasteiger partial charge >= 0.3 is 5.97 Å². The van der Waals surface area contributed by atoms with Crippen molar-refractivity contribution in [2.45, 2.75) is 63.5 Å². The van der Waals surface area contributed by atoms with E-state index < -0.39 is 24.3 Å². The Morgan fingerprint density at radius 2 is 1.05 bits per heavy atom. The Hall–Kier alpha value is -5.29. The van der Waals surface area contributed by atoms with Gasteiger partial charge in [0.15, 0.2) is 11.9 Å². The number of carbonyl (C=O) groups excluding carboxylic acids is 1. The fourth-order valence-electron chi connectivity index (χ4n) is 6.90. The first-order valence-corrected chi connectivity index (χ1v) is 18.7. The number of benzene rings is 5. The van der Waals surface area contributed by atoms with Crippen LogP contribution in [-0.4, -0.2) is 66.1 Å². The van der Waals surface area contributed by atoms with E-state index in [1.165, 1.54) is 0 Å². The number of nitrogens with zero attached hydrogens (tertiary/aromatic N) is 1. The van der Waals surface area contributed by atoms with E-state index in [2.05, 4.69) is 4.90 Å². The molecule has 55 heavy (non-hydrogen) atoms. The first-order valence-electron chi connectivity index (χ1n) is 18.7. The Balaban J connectivity index is 1.13. The molecule has 9 nitrogen and oxygen atoms in total. The van der Waals surface area contributed by atoms with Gasteiger partial charge in [-0.3, -0.25) is 4.90 Å². The summed E-state index contributed by atoms with van der Waals surface area (Å²) in [6.45, 7) is 2.38. The fraction of sp³-hybridized carbons (Fsp3) is 0.283. The number of rotatable bonds is 19. The number of hydrogen-bond donors (Lipinski definition) is 1. The standard InChI is InChI=1S/C46H47NO8/c48-40(43-44(53-31-37-22-12-4-13-23-37)45(46(49)55-43)54-32-38-24-14-5-15-25-38)26-47-27-41(51-29-35-18-8-2-9-19-35)42(52-30-36-20-10-3-11-21-36)39(47)33-50-28-34-16-6-1-7-17-34/h1-25,39-43,48H,26-33H2/t39-,40-,41-,42-,43+/m0/s1. The Kier molecular flexibility index (Phi) is 13.4. The first kappa shape index (κ1) is 38.0. The van der Waals surface area contributed by atoms with Crippen LogP contribution in [0.25, 0.3) is 0 Å². The molecule has 5 aromatic carbocycles. The minimum Gasteiger partial charge on any atom is -0.485 e. The lowest BCUT2D eigenvalue weighted by molar-refractivity contribution is -0.148. The number of esters is 1. The predicted octanol–water partition coefficient (Wildman–Crippen LogP) is 6.99. The van der Waals surface area contributed by atoms with E-state index in [0.717, 1.165) is 27.8 Å². The summed E-state index contributed by atoms with van der Waals surface area (Å²) in [5.74, 6) is -0.552. The van der Waals surface area contributed by atoms with Crippen LogP contribution < -0.4 is 0 Å². The molecular weight excluding hydrogens is 695 g/mol. The van der Waals surface area contributed by atoms with Crippen molar-refractivity contribution in [3.05, 3.63) is 191 Å². The highest BCUT2D eigenvalue weighted by atomic mass is 16.6. The highest BCUT2D eigenvalue weighted by Gasteiger charge is 2.48. The van der Waals surface area contributed by atoms with Crippen molar-refractivity contribution in [3.8, 4) is 0 Å². The molecule has 1 saturated heterocycles. The molecule has 0 unspecified atom stereocenters. The summed E-state index contributed by atoms with van der Waals surface area (Å²) in [6, 6.07) is 49.0. The average Bonchev–Trinajstić information content (AvgIpc) is 3.74. The fourth-order valence-corrected chi connectivity index (χ4v) is 6.90. The van der Waals surface area contributed by atoms with Crippen LogP contribution in [0.2, 0.25) is 0 Å². The lowest BCUT2D eigenvalue weighted by Crippen LogP contribution is -2.47. The minimum atomic E-state index is -1.17. The van der Waals surface area contributed by atoms with E-state index in [9.17, 15) is 9.90 Å². The van der Waals surface area contributed by atoms with Crippen LogP contribution in [0.3, 0.4) is 0 Å². The number of carbonyl (C=O) groups is 1. The summed E-state index contributed by atoms with van der Waals surface area (Å²) >= 11 is 0. The third kappa shape index (κ3) is 10.5. The van der Waals surface area contributed by atoms with Gasteiger partial charge in [-0.2, -0.15) is 0 Å². The van der Waals surface area contributed by atoms with Crippen molar-refractivity contribution >= 4 is 5.97 Å². The molecule has 2 heterocycles. The minimum absolute atomic E-state index is 0.0406. The van der Waals surface area contributed by atoms with Gasteiger partial charge in [0.05, 0.1) is 38.6 Å². The normalized spacial score (nSPS) is 20.3. The van der Waals surface area contributed by atoms with Crippen molar-refractivity contribution in [1.82, 2.24) is 4.90 Å². The quantitative estimate of drug-likeness (QED) is 0.0900. The second kappa shape index (κ2) is 19.3. The third-order valence-electron chi connectivity index (χ3n) is 9.76. The Morgan fingerprint density at radius 3 is 1.58 bits per heavy atom. The van der Waals surface area contributed by atoms with Crippen LogP contribution in [0.1, 0.15) is 27.8 Å². The molecule has 0 saturated carbocycles. The number of aliphatic hydroxyl groups is 1. The maximum absolute atomic E-state index is 13.4. The second-order valence-electron chi connectivity index (χ2n) is 13.8. The van der Waals surface area contributed by atoms with Gasteiger partial charge in [0.25, 0.3) is 0 Å². The van der Waals surface area contributed by atoms with Crippen molar-refractivity contribution in [2.24, 2.45) is 0 Å². The van der Waals surface area contributed by atoms with Crippen LogP contribution in [0.5, 0.6) is 0 Å². The molecule has 0 bridgehead atoms. The van der Waals surface area contributed by atoms with Gasteiger partial charge in [0.2, 0.25) is 5.76 Å². The molecule has 9 heteroatoms. The van der Waals surface area contributed by atoms with Gasteiger partial charge in [0.1, 0.15) is 25.4 Å². The number of ether oxygens (including phenoxy) is 6. The molecule has 5 aromatic rings. The van der Waals surface area contributed by atoms with Crippen LogP contribution in [0.4, 0.5) is 0 Å². The van der Waals surface area contributed by atoms with Crippen LogP contribution in [0.15, 0.2) is 163 Å². The van der Waals surface area contributed by atoms with Crippen molar-refractivity contribution in [2.75, 3.05) is 19.7 Å². The zero-order valence-electron chi connectivity index (χ0n) is 30.7. The van der Waals surface area contributed by atoms with Gasteiger partial charge in [-0.25, -0.2) is 4.79 Å². The van der Waals surface area contributed by atoms with E-state index in [0.29, 0.717) is 33.0 Å². The zero-order valence-corrected chi connectivity index (χ0v) is 30.7. The average molecular weight is 742 g/mol. The largest absolute Gasteiger partial charge is 0.485 e. The van der Waals surface area contributed by atoms with Crippen molar-refractivity contribution < 1.29 is 38.3 Å². The van der Waals surface area contributed by atoms with Gasteiger partial charge in [-0.05, 0) is 27.8 Å². The summed E-state index contributed by atoms with van der Waals surface area (Å²) in [7, 11) is 0. The molecule has 1 fully saturated rings. The van der Waals surface area contributed by atoms with Crippen LogP contribution in [-0.2, 0) is 66.3 Å². The molecule has 7 rings (SSSR count). The molecule has 0 aliphatic carbocycles. The lowest BCUT2D eigenvalue weighted by Gasteiger charge is -2.31. The topological polar surface area (TPSA) is 95.9 Å². The van der Waals surface area contributed by atoms with E-state index >= 15 is 0 Å². The number of β-amino-alcohol motifs (C(OH)–C–C–N with tert-alkyl or cyclic N) is 1. The number of aliphatic hydroxyl groups excluding tert-OH is 1. The van der Waals surface area contributed by atoms with Crippen LogP contribution >= 0.6 is 0 Å². The Morgan fingerprint density at radius 1 is 0.600 bits per heavy atom. The molecule has 284 valence electrons. The van der Waals surface area contributed by atoms with Gasteiger partial charge in [-0.1, -0.05) is 152 Å². The number of hydrogen-bond acceptors (Lipinski definition) is 9. The molecule has 0 aromatic heterocycles. The zero-order chi connectivity index (χ0) is 37.7. The third-order valence-corrected chi connectivity index (χ3v) is 9.76. The highest BCUT2D eigenvalue weighted by molar-refractivity contribution is 5.89.